The van der Waals surface area contributed by atoms with Crippen molar-refractivity contribution in [2.45, 2.75) is 45.8 Å². The van der Waals surface area contributed by atoms with E-state index in [-0.39, 0.29) is 6.09 Å². The predicted octanol–water partition coefficient (Wildman–Crippen LogP) is 2.64. The first-order chi connectivity index (χ1) is 8.69. The van der Waals surface area contributed by atoms with Crippen LogP contribution in [0.1, 0.15) is 39.5 Å². The van der Waals surface area contributed by atoms with Crippen LogP contribution >= 0.6 is 0 Å². The van der Waals surface area contributed by atoms with E-state index in [1.807, 2.05) is 0 Å². The van der Waals surface area contributed by atoms with Gasteiger partial charge in [-0.3, -0.25) is 0 Å². The van der Waals surface area contributed by atoms with E-state index in [1.54, 1.807) is 26.0 Å². The van der Waals surface area contributed by atoms with E-state index < -0.39 is 6.29 Å². The van der Waals surface area contributed by atoms with Crippen molar-refractivity contribution in [3.8, 4) is 0 Å². The van der Waals surface area contributed by atoms with Gasteiger partial charge in [-0.15, -0.1) is 0 Å². The lowest BCUT2D eigenvalue weighted by Gasteiger charge is -2.25. The smallest absolute Gasteiger partial charge is 0.409 e. The van der Waals surface area contributed by atoms with Gasteiger partial charge in [0.15, 0.2) is 6.29 Å². The first-order valence-electron chi connectivity index (χ1n) is 6.66. The lowest BCUT2D eigenvalue weighted by molar-refractivity contribution is -0.113. The van der Waals surface area contributed by atoms with E-state index in [2.05, 4.69) is 6.92 Å². The summed E-state index contributed by atoms with van der Waals surface area (Å²) in [5.41, 5.74) is 0. The van der Waals surface area contributed by atoms with E-state index in [4.69, 9.17) is 14.2 Å². The summed E-state index contributed by atoms with van der Waals surface area (Å²) < 4.78 is 15.3. The van der Waals surface area contributed by atoms with Crippen LogP contribution in [0, 0.1) is 0 Å². The number of nitrogens with zero attached hydrogens (tertiary/aromatic N) is 1. The molecule has 0 aliphatic heterocycles. The second-order valence-corrected chi connectivity index (χ2v) is 4.11. The van der Waals surface area contributed by atoms with Crippen LogP contribution in [0.15, 0.2) is 0 Å². The zero-order chi connectivity index (χ0) is 13.8. The molecular formula is C13H27NO4. The van der Waals surface area contributed by atoms with Gasteiger partial charge in [0, 0.05) is 20.8 Å². The van der Waals surface area contributed by atoms with E-state index >= 15 is 0 Å². The van der Waals surface area contributed by atoms with Crippen molar-refractivity contribution in [3.63, 3.8) is 0 Å². The maximum atomic E-state index is 11.8. The number of unbranched alkanes of at least 4 members (excludes halogenated alkanes) is 3. The van der Waals surface area contributed by atoms with Gasteiger partial charge < -0.3 is 19.1 Å². The van der Waals surface area contributed by atoms with E-state index in [9.17, 15) is 4.79 Å². The minimum atomic E-state index is -0.402. The maximum Gasteiger partial charge on any atom is 0.409 e. The van der Waals surface area contributed by atoms with Gasteiger partial charge in [0.1, 0.15) is 0 Å². The third kappa shape index (κ3) is 7.50. The molecule has 0 N–H and O–H groups in total. The van der Waals surface area contributed by atoms with Crippen LogP contribution in [0.25, 0.3) is 0 Å². The summed E-state index contributed by atoms with van der Waals surface area (Å²) in [5, 5.41) is 0. The molecule has 1 amide bonds. The lowest BCUT2D eigenvalue weighted by Crippen LogP contribution is -2.40. The molecule has 0 bridgehead atoms. The standard InChI is InChI=1S/C13H27NO4/c1-5-7-8-9-10-14(13(15)18-6-2)11-12(16-3)17-4/h12H,5-11H2,1-4H3. The number of carbonyl (C=O) groups is 1. The van der Waals surface area contributed by atoms with Crippen LogP contribution in [-0.2, 0) is 14.2 Å². The van der Waals surface area contributed by atoms with Gasteiger partial charge in [-0.2, -0.15) is 0 Å². The Bertz CT molecular complexity index is 207. The fraction of sp³-hybridized carbons (Fsp3) is 0.923. The van der Waals surface area contributed by atoms with Gasteiger partial charge in [-0.25, -0.2) is 4.79 Å². The van der Waals surface area contributed by atoms with E-state index in [0.717, 1.165) is 12.8 Å². The van der Waals surface area contributed by atoms with Crippen molar-refractivity contribution in [3.05, 3.63) is 0 Å². The summed E-state index contributed by atoms with van der Waals surface area (Å²) in [5.74, 6) is 0. The number of amides is 1. The highest BCUT2D eigenvalue weighted by molar-refractivity contribution is 5.67. The van der Waals surface area contributed by atoms with Crippen LogP contribution in [0.5, 0.6) is 0 Å². The Kier molecular flexibility index (Phi) is 10.8. The first-order valence-corrected chi connectivity index (χ1v) is 6.66. The number of hydrogen-bond acceptors (Lipinski definition) is 4. The van der Waals surface area contributed by atoms with Crippen LogP contribution in [0.2, 0.25) is 0 Å². The molecule has 0 saturated heterocycles. The maximum absolute atomic E-state index is 11.8. The highest BCUT2D eigenvalue weighted by Gasteiger charge is 2.19. The van der Waals surface area contributed by atoms with Crippen LogP contribution in [0.4, 0.5) is 4.79 Å². The molecule has 0 spiro atoms. The summed E-state index contributed by atoms with van der Waals surface area (Å²) in [6.45, 7) is 5.43. The van der Waals surface area contributed by atoms with Crippen molar-refractivity contribution in [2.24, 2.45) is 0 Å². The zero-order valence-corrected chi connectivity index (χ0v) is 12.1. The van der Waals surface area contributed by atoms with Gasteiger partial charge >= 0.3 is 6.09 Å². The van der Waals surface area contributed by atoms with Crippen molar-refractivity contribution in [2.75, 3.05) is 33.9 Å². The third-order valence-corrected chi connectivity index (χ3v) is 2.70. The molecule has 108 valence electrons. The average molecular weight is 261 g/mol. The molecule has 0 radical (unpaired) electrons. The molecule has 0 unspecified atom stereocenters. The molecule has 0 atom stereocenters. The topological polar surface area (TPSA) is 48.0 Å². The zero-order valence-electron chi connectivity index (χ0n) is 12.1. The largest absolute Gasteiger partial charge is 0.450 e. The van der Waals surface area contributed by atoms with Crippen LogP contribution < -0.4 is 0 Å². The quantitative estimate of drug-likeness (QED) is 0.448. The minimum absolute atomic E-state index is 0.298. The number of methoxy groups -OCH3 is 2. The van der Waals surface area contributed by atoms with Gasteiger partial charge in [0.05, 0.1) is 13.2 Å². The summed E-state index contributed by atoms with van der Waals surface area (Å²) in [7, 11) is 3.13. The van der Waals surface area contributed by atoms with Crippen molar-refractivity contribution in [1.82, 2.24) is 4.90 Å². The van der Waals surface area contributed by atoms with Gasteiger partial charge in [0.2, 0.25) is 0 Å². The van der Waals surface area contributed by atoms with Crippen molar-refractivity contribution >= 4 is 6.09 Å². The molecule has 5 heteroatoms. The van der Waals surface area contributed by atoms with Crippen molar-refractivity contribution in [1.29, 1.82) is 0 Å². The monoisotopic (exact) mass is 261 g/mol. The predicted molar refractivity (Wildman–Crippen MR) is 70.5 cm³/mol. The average Bonchev–Trinajstić information content (AvgIpc) is 2.38. The molecular weight excluding hydrogens is 234 g/mol. The molecule has 0 heterocycles. The first kappa shape index (κ1) is 17.2. The Morgan fingerprint density at radius 1 is 1.11 bits per heavy atom. The number of ether oxygens (including phenoxy) is 3. The Labute approximate surface area is 110 Å². The molecule has 0 aromatic rings. The molecule has 0 aliphatic carbocycles. The third-order valence-electron chi connectivity index (χ3n) is 2.70. The number of rotatable bonds is 10. The summed E-state index contributed by atoms with van der Waals surface area (Å²) >= 11 is 0. The van der Waals surface area contributed by atoms with Gasteiger partial charge in [-0.1, -0.05) is 26.2 Å². The van der Waals surface area contributed by atoms with Crippen LogP contribution in [0.3, 0.4) is 0 Å². The van der Waals surface area contributed by atoms with E-state index in [1.165, 1.54) is 12.8 Å². The molecule has 5 nitrogen and oxygen atoms in total. The molecule has 0 aromatic carbocycles. The fourth-order valence-corrected chi connectivity index (χ4v) is 1.63. The number of hydrogen-bond donors (Lipinski definition) is 0. The number of carbonyl (C=O) groups excluding carboxylic acids is 1. The Morgan fingerprint density at radius 3 is 2.28 bits per heavy atom. The molecule has 0 fully saturated rings. The molecule has 18 heavy (non-hydrogen) atoms. The Balaban J connectivity index is 4.19. The second kappa shape index (κ2) is 11.3. The van der Waals surface area contributed by atoms with Gasteiger partial charge in [-0.05, 0) is 13.3 Å². The molecule has 0 rings (SSSR count). The van der Waals surface area contributed by atoms with Gasteiger partial charge in [0.25, 0.3) is 0 Å². The Morgan fingerprint density at radius 2 is 1.78 bits per heavy atom. The fourth-order valence-electron chi connectivity index (χ4n) is 1.63. The second-order valence-electron chi connectivity index (χ2n) is 4.11. The summed E-state index contributed by atoms with van der Waals surface area (Å²) in [6, 6.07) is 0. The SMILES string of the molecule is CCCCCCN(CC(OC)OC)C(=O)OCC. The molecule has 0 aliphatic rings. The normalized spacial score (nSPS) is 10.7. The van der Waals surface area contributed by atoms with Crippen molar-refractivity contribution < 1.29 is 19.0 Å². The highest BCUT2D eigenvalue weighted by Crippen LogP contribution is 2.05. The Hall–Kier alpha value is -0.810. The highest BCUT2D eigenvalue weighted by atomic mass is 16.7. The lowest BCUT2D eigenvalue weighted by atomic mass is 10.2. The molecule has 0 saturated carbocycles. The van der Waals surface area contributed by atoms with E-state index in [0.29, 0.717) is 19.7 Å². The molecule has 0 aromatic heterocycles. The summed E-state index contributed by atoms with van der Waals surface area (Å²) in [6.07, 6.45) is 3.77. The van der Waals surface area contributed by atoms with Crippen LogP contribution in [-0.4, -0.2) is 51.2 Å². The minimum Gasteiger partial charge on any atom is -0.450 e. The summed E-state index contributed by atoms with van der Waals surface area (Å²) in [4.78, 5) is 13.4.